The van der Waals surface area contributed by atoms with Gasteiger partial charge in [-0.15, -0.1) is 0 Å². The molecule has 0 radical (unpaired) electrons. The number of carboxylic acid groups (broad SMARTS) is 1. The fourth-order valence-electron chi connectivity index (χ4n) is 3.04. The Labute approximate surface area is 138 Å². The van der Waals surface area contributed by atoms with Crippen molar-refractivity contribution in [3.8, 4) is 0 Å². The molecule has 2 N–H and O–H groups in total. The molecule has 6 heteroatoms. The maximum Gasteiger partial charge on any atom is 0.407 e. The number of aryl methyl sites for hydroxylation is 1. The predicted molar refractivity (Wildman–Crippen MR) is 90.9 cm³/mol. The number of carbonyl (C=O) groups is 1. The van der Waals surface area contributed by atoms with Crippen molar-refractivity contribution in [1.29, 1.82) is 0 Å². The summed E-state index contributed by atoms with van der Waals surface area (Å²) in [6, 6.07) is 0. The minimum atomic E-state index is -0.810. The molecule has 0 saturated carbocycles. The summed E-state index contributed by atoms with van der Waals surface area (Å²) in [6.45, 7) is 11.6. The second-order valence-electron chi connectivity index (χ2n) is 7.36. The van der Waals surface area contributed by atoms with E-state index in [1.165, 1.54) is 4.90 Å². The average molecular weight is 322 g/mol. The Kier molecular flexibility index (Phi) is 5.68. The van der Waals surface area contributed by atoms with Gasteiger partial charge in [0.2, 0.25) is 0 Å². The molecule has 0 spiro atoms. The number of rotatable bonds is 5. The number of hydrogen-bond acceptors (Lipinski definition) is 3. The van der Waals surface area contributed by atoms with Crippen LogP contribution in [0.25, 0.3) is 0 Å². The Bertz CT molecular complexity index is 525. The summed E-state index contributed by atoms with van der Waals surface area (Å²) in [5, 5.41) is 12.6. The maximum atomic E-state index is 11.0. The summed E-state index contributed by atoms with van der Waals surface area (Å²) < 4.78 is 2.26. The molecular weight excluding hydrogens is 292 g/mol. The third-order valence-corrected chi connectivity index (χ3v) is 4.36. The number of amides is 1. The minimum Gasteiger partial charge on any atom is -0.465 e. The van der Waals surface area contributed by atoms with Gasteiger partial charge in [0.25, 0.3) is 0 Å². The predicted octanol–water partition coefficient (Wildman–Crippen LogP) is 2.69. The van der Waals surface area contributed by atoms with Crippen LogP contribution >= 0.6 is 0 Å². The summed E-state index contributed by atoms with van der Waals surface area (Å²) in [5.74, 6) is 1.49. The molecule has 0 bridgehead atoms. The van der Waals surface area contributed by atoms with Gasteiger partial charge in [-0.3, -0.25) is 0 Å². The molecular formula is C17H30N4O2. The number of likely N-dealkylation sites (tertiary alicyclic amines) is 1. The molecule has 1 amide bonds. The highest BCUT2D eigenvalue weighted by atomic mass is 16.4. The first-order valence-electron chi connectivity index (χ1n) is 8.59. The van der Waals surface area contributed by atoms with E-state index in [4.69, 9.17) is 10.1 Å². The Morgan fingerprint density at radius 1 is 1.39 bits per heavy atom. The van der Waals surface area contributed by atoms with Gasteiger partial charge in [0.15, 0.2) is 0 Å². The van der Waals surface area contributed by atoms with E-state index < -0.39 is 6.09 Å². The van der Waals surface area contributed by atoms with Gasteiger partial charge in [0.1, 0.15) is 5.82 Å². The van der Waals surface area contributed by atoms with Crippen molar-refractivity contribution in [3.63, 3.8) is 0 Å². The molecule has 0 aliphatic carbocycles. The van der Waals surface area contributed by atoms with Gasteiger partial charge in [0.05, 0.1) is 5.69 Å². The Balaban J connectivity index is 2.03. The van der Waals surface area contributed by atoms with Crippen LogP contribution in [0, 0.1) is 0 Å². The lowest BCUT2D eigenvalue weighted by atomic mass is 9.96. The molecule has 0 atom stereocenters. The fourth-order valence-corrected chi connectivity index (χ4v) is 3.04. The van der Waals surface area contributed by atoms with Crippen LogP contribution < -0.4 is 5.32 Å². The highest BCUT2D eigenvalue weighted by Crippen LogP contribution is 2.27. The number of nitrogens with zero attached hydrogens (tertiary/aromatic N) is 3. The zero-order valence-electron chi connectivity index (χ0n) is 14.8. The number of imidazole rings is 1. The van der Waals surface area contributed by atoms with Gasteiger partial charge in [-0.25, -0.2) is 9.78 Å². The first kappa shape index (κ1) is 17.8. The van der Waals surface area contributed by atoms with Gasteiger partial charge in [0, 0.05) is 43.8 Å². The molecule has 2 heterocycles. The molecule has 6 nitrogen and oxygen atoms in total. The monoisotopic (exact) mass is 322 g/mol. The standard InChI is InChI=1S/C17H30N4O2/c1-5-14-12-21(11-8-18-17(2,3)4)15(19-14)13-6-9-20(10-7-13)16(22)23/h12-13,18H,5-11H2,1-4H3,(H,22,23). The molecule has 1 aliphatic heterocycles. The zero-order valence-corrected chi connectivity index (χ0v) is 14.8. The Morgan fingerprint density at radius 3 is 2.57 bits per heavy atom. The van der Waals surface area contributed by atoms with E-state index in [0.29, 0.717) is 19.0 Å². The molecule has 23 heavy (non-hydrogen) atoms. The largest absolute Gasteiger partial charge is 0.465 e. The van der Waals surface area contributed by atoms with E-state index in [-0.39, 0.29) is 5.54 Å². The average Bonchev–Trinajstić information content (AvgIpc) is 2.89. The van der Waals surface area contributed by atoms with Crippen LogP contribution in [0.3, 0.4) is 0 Å². The number of nitrogens with one attached hydrogen (secondary N) is 1. The molecule has 1 fully saturated rings. The van der Waals surface area contributed by atoms with Crippen LogP contribution in [0.15, 0.2) is 6.20 Å². The molecule has 0 unspecified atom stereocenters. The van der Waals surface area contributed by atoms with E-state index in [2.05, 4.69) is 43.8 Å². The first-order chi connectivity index (χ1) is 10.8. The second kappa shape index (κ2) is 7.34. The van der Waals surface area contributed by atoms with Crippen LogP contribution in [0.4, 0.5) is 4.79 Å². The summed E-state index contributed by atoms with van der Waals surface area (Å²) in [4.78, 5) is 17.4. The number of aromatic nitrogens is 2. The zero-order chi connectivity index (χ0) is 17.0. The molecule has 1 aliphatic rings. The fraction of sp³-hybridized carbons (Fsp3) is 0.765. The van der Waals surface area contributed by atoms with Crippen molar-refractivity contribution in [2.75, 3.05) is 19.6 Å². The Hall–Kier alpha value is -1.56. The summed E-state index contributed by atoms with van der Waals surface area (Å²) in [5.41, 5.74) is 1.23. The van der Waals surface area contributed by atoms with Crippen LogP contribution in [0.5, 0.6) is 0 Å². The highest BCUT2D eigenvalue weighted by molar-refractivity contribution is 5.65. The molecule has 1 aromatic rings. The van der Waals surface area contributed by atoms with Crippen LogP contribution in [0.1, 0.15) is 58.0 Å². The van der Waals surface area contributed by atoms with E-state index in [9.17, 15) is 4.79 Å². The second-order valence-corrected chi connectivity index (χ2v) is 7.36. The summed E-state index contributed by atoms with van der Waals surface area (Å²) in [6.07, 6.45) is 4.00. The normalized spacial score (nSPS) is 16.8. The van der Waals surface area contributed by atoms with Crippen LogP contribution in [0.2, 0.25) is 0 Å². The topological polar surface area (TPSA) is 70.4 Å². The van der Waals surface area contributed by atoms with Gasteiger partial charge < -0.3 is 19.9 Å². The Morgan fingerprint density at radius 2 is 2.04 bits per heavy atom. The van der Waals surface area contributed by atoms with E-state index in [1.807, 2.05) is 0 Å². The first-order valence-corrected chi connectivity index (χ1v) is 8.59. The van der Waals surface area contributed by atoms with Crippen molar-refractivity contribution < 1.29 is 9.90 Å². The molecule has 1 aromatic heterocycles. The quantitative estimate of drug-likeness (QED) is 0.874. The smallest absolute Gasteiger partial charge is 0.407 e. The van der Waals surface area contributed by atoms with E-state index in [1.54, 1.807) is 0 Å². The van der Waals surface area contributed by atoms with Crippen molar-refractivity contribution in [2.45, 2.75) is 65.0 Å². The molecule has 130 valence electrons. The maximum absolute atomic E-state index is 11.0. The van der Waals surface area contributed by atoms with Crippen molar-refractivity contribution in [2.24, 2.45) is 0 Å². The molecule has 0 aromatic carbocycles. The van der Waals surface area contributed by atoms with Gasteiger partial charge in [-0.1, -0.05) is 6.92 Å². The highest BCUT2D eigenvalue weighted by Gasteiger charge is 2.26. The molecule has 2 rings (SSSR count). The molecule has 1 saturated heterocycles. The lowest BCUT2D eigenvalue weighted by molar-refractivity contribution is 0.131. The minimum absolute atomic E-state index is 0.112. The van der Waals surface area contributed by atoms with Crippen molar-refractivity contribution >= 4 is 6.09 Å². The lowest BCUT2D eigenvalue weighted by Crippen LogP contribution is -2.39. The van der Waals surface area contributed by atoms with Crippen LogP contribution in [-0.4, -0.2) is 50.8 Å². The SMILES string of the molecule is CCc1cn(CCNC(C)(C)C)c(C2CCN(C(=O)O)CC2)n1. The van der Waals surface area contributed by atoms with Gasteiger partial charge in [-0.2, -0.15) is 0 Å². The van der Waals surface area contributed by atoms with Gasteiger partial charge >= 0.3 is 6.09 Å². The van der Waals surface area contributed by atoms with E-state index >= 15 is 0 Å². The van der Waals surface area contributed by atoms with Crippen LogP contribution in [-0.2, 0) is 13.0 Å². The third-order valence-electron chi connectivity index (χ3n) is 4.36. The van der Waals surface area contributed by atoms with Crippen molar-refractivity contribution in [1.82, 2.24) is 19.8 Å². The lowest BCUT2D eigenvalue weighted by Gasteiger charge is -2.30. The summed E-state index contributed by atoms with van der Waals surface area (Å²) in [7, 11) is 0. The van der Waals surface area contributed by atoms with E-state index in [0.717, 1.165) is 43.9 Å². The van der Waals surface area contributed by atoms with Crippen molar-refractivity contribution in [3.05, 3.63) is 17.7 Å². The number of hydrogen-bond donors (Lipinski definition) is 2. The summed E-state index contributed by atoms with van der Waals surface area (Å²) >= 11 is 0. The van der Waals surface area contributed by atoms with Gasteiger partial charge in [-0.05, 0) is 40.0 Å². The third kappa shape index (κ3) is 4.96. The number of piperidine rings is 1.